The predicted molar refractivity (Wildman–Crippen MR) is 71.5 cm³/mol. The maximum atomic E-state index is 5.92. The van der Waals surface area contributed by atoms with Crippen molar-refractivity contribution in [2.75, 3.05) is 19.0 Å². The summed E-state index contributed by atoms with van der Waals surface area (Å²) in [5.41, 5.74) is 2.99. The SMILES string of the molecule is Cc1cc(Cl)nc(-c2ccc(N(C)C)cc2)n1. The molecule has 0 saturated carbocycles. The number of rotatable bonds is 2. The highest BCUT2D eigenvalue weighted by molar-refractivity contribution is 6.29. The second kappa shape index (κ2) is 4.72. The third kappa shape index (κ3) is 2.74. The van der Waals surface area contributed by atoms with E-state index in [4.69, 9.17) is 11.6 Å². The second-order valence-corrected chi connectivity index (χ2v) is 4.48. The molecule has 0 saturated heterocycles. The molecule has 0 aliphatic carbocycles. The van der Waals surface area contributed by atoms with Crippen LogP contribution >= 0.6 is 11.6 Å². The number of nitrogens with zero attached hydrogens (tertiary/aromatic N) is 3. The van der Waals surface area contributed by atoms with Crippen LogP contribution in [-0.2, 0) is 0 Å². The van der Waals surface area contributed by atoms with Crippen LogP contribution < -0.4 is 4.90 Å². The van der Waals surface area contributed by atoms with Gasteiger partial charge in [-0.15, -0.1) is 0 Å². The summed E-state index contributed by atoms with van der Waals surface area (Å²) in [4.78, 5) is 10.6. The number of anilines is 1. The van der Waals surface area contributed by atoms with Gasteiger partial charge in [-0.1, -0.05) is 11.6 Å². The van der Waals surface area contributed by atoms with E-state index in [1.54, 1.807) is 6.07 Å². The van der Waals surface area contributed by atoms with Gasteiger partial charge in [0.1, 0.15) is 5.15 Å². The monoisotopic (exact) mass is 247 g/mol. The highest BCUT2D eigenvalue weighted by atomic mass is 35.5. The van der Waals surface area contributed by atoms with E-state index in [1.807, 2.05) is 50.2 Å². The average Bonchev–Trinajstić information content (AvgIpc) is 2.28. The Hall–Kier alpha value is -1.61. The lowest BCUT2D eigenvalue weighted by Gasteiger charge is -2.12. The van der Waals surface area contributed by atoms with E-state index in [2.05, 4.69) is 9.97 Å². The summed E-state index contributed by atoms with van der Waals surface area (Å²) in [6, 6.07) is 9.82. The number of aryl methyl sites for hydroxylation is 1. The molecule has 0 radical (unpaired) electrons. The summed E-state index contributed by atoms with van der Waals surface area (Å²) in [5.74, 6) is 0.667. The summed E-state index contributed by atoms with van der Waals surface area (Å²) < 4.78 is 0. The zero-order chi connectivity index (χ0) is 12.4. The molecule has 0 unspecified atom stereocenters. The molecule has 4 heteroatoms. The molecule has 0 atom stereocenters. The summed E-state index contributed by atoms with van der Waals surface area (Å²) in [6.07, 6.45) is 0. The predicted octanol–water partition coefficient (Wildman–Crippen LogP) is 3.17. The van der Waals surface area contributed by atoms with Gasteiger partial charge in [0, 0.05) is 31.0 Å². The van der Waals surface area contributed by atoms with Crippen LogP contribution in [0.3, 0.4) is 0 Å². The number of halogens is 1. The molecule has 2 aromatic rings. The van der Waals surface area contributed by atoms with E-state index in [0.717, 1.165) is 16.9 Å². The molecule has 1 heterocycles. The van der Waals surface area contributed by atoms with Crippen molar-refractivity contribution in [2.24, 2.45) is 0 Å². The zero-order valence-electron chi connectivity index (χ0n) is 10.1. The first kappa shape index (κ1) is 11.9. The molecule has 0 aliphatic rings. The van der Waals surface area contributed by atoms with Crippen LogP contribution in [0.25, 0.3) is 11.4 Å². The standard InChI is InChI=1S/C13H14ClN3/c1-9-8-12(14)16-13(15-9)10-4-6-11(7-5-10)17(2)3/h4-8H,1-3H3. The molecule has 2 rings (SSSR count). The van der Waals surface area contributed by atoms with Crippen molar-refractivity contribution in [2.45, 2.75) is 6.92 Å². The Morgan fingerprint density at radius 1 is 1.06 bits per heavy atom. The third-order valence-electron chi connectivity index (χ3n) is 2.46. The molecule has 0 aliphatic heterocycles. The van der Waals surface area contributed by atoms with Crippen LogP contribution in [0.2, 0.25) is 5.15 Å². The van der Waals surface area contributed by atoms with Crippen LogP contribution in [0.5, 0.6) is 0 Å². The van der Waals surface area contributed by atoms with Crippen molar-refractivity contribution >= 4 is 17.3 Å². The Morgan fingerprint density at radius 3 is 2.24 bits per heavy atom. The zero-order valence-corrected chi connectivity index (χ0v) is 10.9. The Morgan fingerprint density at radius 2 is 1.71 bits per heavy atom. The largest absolute Gasteiger partial charge is 0.378 e. The van der Waals surface area contributed by atoms with Crippen molar-refractivity contribution in [1.82, 2.24) is 9.97 Å². The van der Waals surface area contributed by atoms with E-state index in [-0.39, 0.29) is 0 Å². The van der Waals surface area contributed by atoms with Crippen molar-refractivity contribution < 1.29 is 0 Å². The molecule has 0 fully saturated rings. The first-order valence-electron chi connectivity index (χ1n) is 5.35. The molecule has 0 amide bonds. The van der Waals surface area contributed by atoms with Crippen molar-refractivity contribution in [3.05, 3.63) is 41.2 Å². The number of hydrogen-bond donors (Lipinski definition) is 0. The molecule has 1 aromatic carbocycles. The fourth-order valence-electron chi connectivity index (χ4n) is 1.57. The van der Waals surface area contributed by atoms with Crippen LogP contribution in [0.15, 0.2) is 30.3 Å². The third-order valence-corrected chi connectivity index (χ3v) is 2.66. The fourth-order valence-corrected chi connectivity index (χ4v) is 1.81. The van der Waals surface area contributed by atoms with Crippen molar-refractivity contribution in [3.8, 4) is 11.4 Å². The molecule has 3 nitrogen and oxygen atoms in total. The van der Waals surface area contributed by atoms with Gasteiger partial charge in [-0.25, -0.2) is 9.97 Å². The Bertz CT molecular complexity index is 500. The molecule has 1 aromatic heterocycles. The normalized spacial score (nSPS) is 10.4. The minimum absolute atomic E-state index is 0.476. The fraction of sp³-hybridized carbons (Fsp3) is 0.231. The Balaban J connectivity index is 2.39. The quantitative estimate of drug-likeness (QED) is 0.764. The molecule has 17 heavy (non-hydrogen) atoms. The minimum atomic E-state index is 0.476. The second-order valence-electron chi connectivity index (χ2n) is 4.10. The van der Waals surface area contributed by atoms with Crippen LogP contribution in [0, 0.1) is 6.92 Å². The summed E-state index contributed by atoms with van der Waals surface area (Å²) in [6.45, 7) is 1.91. The van der Waals surface area contributed by atoms with Gasteiger partial charge in [-0.3, -0.25) is 0 Å². The number of aromatic nitrogens is 2. The van der Waals surface area contributed by atoms with Gasteiger partial charge < -0.3 is 4.90 Å². The average molecular weight is 248 g/mol. The van der Waals surface area contributed by atoms with E-state index in [0.29, 0.717) is 11.0 Å². The molecule has 0 bridgehead atoms. The maximum Gasteiger partial charge on any atom is 0.161 e. The summed E-state index contributed by atoms with van der Waals surface area (Å²) in [7, 11) is 4.02. The van der Waals surface area contributed by atoms with Crippen molar-refractivity contribution in [1.29, 1.82) is 0 Å². The lowest BCUT2D eigenvalue weighted by atomic mass is 10.2. The highest BCUT2D eigenvalue weighted by Crippen LogP contribution is 2.21. The molecular weight excluding hydrogens is 234 g/mol. The van der Waals surface area contributed by atoms with E-state index >= 15 is 0 Å². The van der Waals surface area contributed by atoms with E-state index < -0.39 is 0 Å². The summed E-state index contributed by atoms with van der Waals surface area (Å²) >= 11 is 5.92. The maximum absolute atomic E-state index is 5.92. The van der Waals surface area contributed by atoms with Gasteiger partial charge in [0.25, 0.3) is 0 Å². The van der Waals surface area contributed by atoms with E-state index in [9.17, 15) is 0 Å². The number of benzene rings is 1. The Labute approximate surface area is 106 Å². The lowest BCUT2D eigenvalue weighted by molar-refractivity contribution is 1.11. The lowest BCUT2D eigenvalue weighted by Crippen LogP contribution is -2.08. The molecule has 88 valence electrons. The van der Waals surface area contributed by atoms with Gasteiger partial charge in [-0.2, -0.15) is 0 Å². The van der Waals surface area contributed by atoms with Crippen LogP contribution in [-0.4, -0.2) is 24.1 Å². The first-order chi connectivity index (χ1) is 8.06. The number of hydrogen-bond acceptors (Lipinski definition) is 3. The highest BCUT2D eigenvalue weighted by Gasteiger charge is 2.04. The van der Waals surface area contributed by atoms with Crippen LogP contribution in [0.1, 0.15) is 5.69 Å². The Kier molecular flexibility index (Phi) is 3.29. The smallest absolute Gasteiger partial charge is 0.161 e. The van der Waals surface area contributed by atoms with Gasteiger partial charge >= 0.3 is 0 Å². The molecule has 0 spiro atoms. The minimum Gasteiger partial charge on any atom is -0.378 e. The molecular formula is C13H14ClN3. The molecule has 0 N–H and O–H groups in total. The van der Waals surface area contributed by atoms with Crippen LogP contribution in [0.4, 0.5) is 5.69 Å². The van der Waals surface area contributed by atoms with E-state index in [1.165, 1.54) is 0 Å². The van der Waals surface area contributed by atoms with Gasteiger partial charge in [0.15, 0.2) is 5.82 Å². The summed E-state index contributed by atoms with van der Waals surface area (Å²) in [5, 5.41) is 0.476. The van der Waals surface area contributed by atoms with Crippen molar-refractivity contribution in [3.63, 3.8) is 0 Å². The topological polar surface area (TPSA) is 29.0 Å². The van der Waals surface area contributed by atoms with Gasteiger partial charge in [0.2, 0.25) is 0 Å². The van der Waals surface area contributed by atoms with Gasteiger partial charge in [0.05, 0.1) is 0 Å². The first-order valence-corrected chi connectivity index (χ1v) is 5.73. The van der Waals surface area contributed by atoms with Gasteiger partial charge in [-0.05, 0) is 37.3 Å².